The van der Waals surface area contributed by atoms with Gasteiger partial charge < -0.3 is 16.4 Å². The molecule has 7 heteroatoms. The fourth-order valence-electron chi connectivity index (χ4n) is 1.60. The Morgan fingerprint density at radius 3 is 2.78 bits per heavy atom. The number of aromatic nitrogens is 4. The molecule has 2 heterocycles. The number of hydrogen-bond acceptors (Lipinski definition) is 6. The van der Waals surface area contributed by atoms with Crippen LogP contribution in [0.1, 0.15) is 5.69 Å². The van der Waals surface area contributed by atoms with Crippen LogP contribution in [0.25, 0.3) is 0 Å². The molecule has 0 atom stereocenters. The van der Waals surface area contributed by atoms with Gasteiger partial charge in [0.25, 0.3) is 0 Å². The molecule has 0 aromatic carbocycles. The highest BCUT2D eigenvalue weighted by Gasteiger charge is 2.01. The smallest absolute Gasteiger partial charge is 0.223 e. The third kappa shape index (κ3) is 3.09. The molecule has 0 aliphatic carbocycles. The molecule has 0 radical (unpaired) electrons. The van der Waals surface area contributed by atoms with E-state index in [2.05, 4.69) is 25.7 Å². The number of nitrogens with zero attached hydrogens (tertiary/aromatic N) is 4. The molecule has 0 aliphatic heterocycles. The van der Waals surface area contributed by atoms with Crippen LogP contribution in [0, 0.1) is 0 Å². The molecule has 0 spiro atoms. The van der Waals surface area contributed by atoms with E-state index in [1.165, 1.54) is 0 Å². The Bertz CT molecular complexity index is 520. The fourth-order valence-corrected chi connectivity index (χ4v) is 1.60. The summed E-state index contributed by atoms with van der Waals surface area (Å²) < 4.78 is 1.79. The molecule has 4 N–H and O–H groups in total. The van der Waals surface area contributed by atoms with Crippen molar-refractivity contribution in [3.8, 4) is 0 Å². The van der Waals surface area contributed by atoms with Gasteiger partial charge in [0.2, 0.25) is 5.95 Å². The van der Waals surface area contributed by atoms with Crippen molar-refractivity contribution in [2.75, 3.05) is 30.0 Å². The van der Waals surface area contributed by atoms with Gasteiger partial charge in [-0.1, -0.05) is 0 Å². The first kappa shape index (κ1) is 12.2. The van der Waals surface area contributed by atoms with Gasteiger partial charge in [0.05, 0.1) is 5.69 Å². The first-order valence-electron chi connectivity index (χ1n) is 5.72. The van der Waals surface area contributed by atoms with E-state index in [1.54, 1.807) is 11.7 Å². The van der Waals surface area contributed by atoms with Gasteiger partial charge in [-0.2, -0.15) is 15.1 Å². The molecule has 0 unspecified atom stereocenters. The van der Waals surface area contributed by atoms with E-state index in [4.69, 9.17) is 5.73 Å². The zero-order valence-electron chi connectivity index (χ0n) is 10.5. The Balaban J connectivity index is 1.91. The highest BCUT2D eigenvalue weighted by molar-refractivity contribution is 5.50. The topological polar surface area (TPSA) is 93.7 Å². The minimum atomic E-state index is 0.252. The van der Waals surface area contributed by atoms with Gasteiger partial charge in [0.15, 0.2) is 0 Å². The lowest BCUT2D eigenvalue weighted by Gasteiger charge is -2.07. The van der Waals surface area contributed by atoms with Crippen molar-refractivity contribution in [3.63, 3.8) is 0 Å². The van der Waals surface area contributed by atoms with E-state index >= 15 is 0 Å². The summed E-state index contributed by atoms with van der Waals surface area (Å²) in [5, 5.41) is 10.4. The third-order valence-electron chi connectivity index (χ3n) is 2.46. The number of hydrogen-bond donors (Lipinski definition) is 3. The van der Waals surface area contributed by atoms with Crippen molar-refractivity contribution in [1.82, 2.24) is 19.7 Å². The molecule has 0 fully saturated rings. The molecule has 0 aliphatic rings. The second-order valence-electron chi connectivity index (χ2n) is 3.90. The Kier molecular flexibility index (Phi) is 3.61. The van der Waals surface area contributed by atoms with Crippen molar-refractivity contribution < 1.29 is 0 Å². The van der Waals surface area contributed by atoms with Crippen LogP contribution >= 0.6 is 0 Å². The molecule has 2 aromatic heterocycles. The number of nitrogen functional groups attached to an aromatic ring is 1. The van der Waals surface area contributed by atoms with Gasteiger partial charge in [-0.05, 0) is 6.07 Å². The molecule has 0 bridgehead atoms. The highest BCUT2D eigenvalue weighted by Crippen LogP contribution is 2.11. The maximum Gasteiger partial charge on any atom is 0.223 e. The zero-order valence-corrected chi connectivity index (χ0v) is 10.5. The standard InChI is InChI=1S/C11H17N7/c1-13-9-7-10(16-11(12)15-9)14-5-3-8-4-6-18(2)17-8/h4,6-7H,3,5H2,1-2H3,(H4,12,13,14,15,16). The minimum absolute atomic E-state index is 0.252. The van der Waals surface area contributed by atoms with Crippen LogP contribution in [0.5, 0.6) is 0 Å². The molecule has 2 rings (SSSR count). The van der Waals surface area contributed by atoms with E-state index in [0.29, 0.717) is 11.6 Å². The van der Waals surface area contributed by atoms with Crippen LogP contribution < -0.4 is 16.4 Å². The number of aryl methyl sites for hydroxylation is 1. The maximum absolute atomic E-state index is 5.60. The predicted molar refractivity (Wildman–Crippen MR) is 71.4 cm³/mol. The average molecular weight is 247 g/mol. The normalized spacial score (nSPS) is 10.3. The van der Waals surface area contributed by atoms with Gasteiger partial charge in [0, 0.05) is 39.3 Å². The summed E-state index contributed by atoms with van der Waals surface area (Å²) in [6, 6.07) is 3.81. The monoisotopic (exact) mass is 247 g/mol. The maximum atomic E-state index is 5.60. The van der Waals surface area contributed by atoms with E-state index in [9.17, 15) is 0 Å². The van der Waals surface area contributed by atoms with Crippen molar-refractivity contribution in [2.45, 2.75) is 6.42 Å². The number of rotatable bonds is 5. The van der Waals surface area contributed by atoms with Crippen LogP contribution in [0.3, 0.4) is 0 Å². The summed E-state index contributed by atoms with van der Waals surface area (Å²) in [6.45, 7) is 0.747. The van der Waals surface area contributed by atoms with Gasteiger partial charge in [-0.15, -0.1) is 0 Å². The predicted octanol–water partition coefficient (Wildman–Crippen LogP) is 0.489. The first-order chi connectivity index (χ1) is 8.67. The highest BCUT2D eigenvalue weighted by atomic mass is 15.2. The molecule has 0 saturated heterocycles. The largest absolute Gasteiger partial charge is 0.373 e. The first-order valence-corrected chi connectivity index (χ1v) is 5.72. The molecule has 96 valence electrons. The average Bonchev–Trinajstić information content (AvgIpc) is 2.74. The van der Waals surface area contributed by atoms with Crippen LogP contribution in [0.15, 0.2) is 18.3 Å². The summed E-state index contributed by atoms with van der Waals surface area (Å²) in [6.07, 6.45) is 2.76. The lowest BCUT2D eigenvalue weighted by molar-refractivity contribution is 0.742. The number of nitrogens with one attached hydrogen (secondary N) is 2. The van der Waals surface area contributed by atoms with Gasteiger partial charge in [0.1, 0.15) is 11.6 Å². The number of nitrogens with two attached hydrogens (primary N) is 1. The van der Waals surface area contributed by atoms with Crippen molar-refractivity contribution in [2.24, 2.45) is 7.05 Å². The summed E-state index contributed by atoms with van der Waals surface area (Å²) in [4.78, 5) is 8.13. The summed E-state index contributed by atoms with van der Waals surface area (Å²) in [5.74, 6) is 1.66. The molecule has 0 amide bonds. The lowest BCUT2D eigenvalue weighted by Crippen LogP contribution is -2.09. The van der Waals surface area contributed by atoms with Crippen LogP contribution in [-0.2, 0) is 13.5 Å². The molecular formula is C11H17N7. The third-order valence-corrected chi connectivity index (χ3v) is 2.46. The van der Waals surface area contributed by atoms with Gasteiger partial charge in [-0.25, -0.2) is 0 Å². The van der Waals surface area contributed by atoms with Crippen LogP contribution in [-0.4, -0.2) is 33.3 Å². The molecule has 7 nitrogen and oxygen atoms in total. The van der Waals surface area contributed by atoms with E-state index in [0.717, 1.165) is 18.7 Å². The zero-order chi connectivity index (χ0) is 13.0. The SMILES string of the molecule is CNc1cc(NCCc2ccn(C)n2)nc(N)n1. The summed E-state index contributed by atoms with van der Waals surface area (Å²) >= 11 is 0. The Morgan fingerprint density at radius 1 is 1.33 bits per heavy atom. The van der Waals surface area contributed by atoms with Crippen molar-refractivity contribution in [1.29, 1.82) is 0 Å². The minimum Gasteiger partial charge on any atom is -0.373 e. The molecule has 18 heavy (non-hydrogen) atoms. The second kappa shape index (κ2) is 5.35. The Morgan fingerprint density at radius 2 is 2.11 bits per heavy atom. The van der Waals surface area contributed by atoms with E-state index in [1.807, 2.05) is 25.4 Å². The van der Waals surface area contributed by atoms with Crippen molar-refractivity contribution >= 4 is 17.6 Å². The molecular weight excluding hydrogens is 230 g/mol. The molecule has 2 aromatic rings. The van der Waals surface area contributed by atoms with Crippen molar-refractivity contribution in [3.05, 3.63) is 24.0 Å². The summed E-state index contributed by atoms with van der Waals surface area (Å²) in [5.41, 5.74) is 6.65. The van der Waals surface area contributed by atoms with Gasteiger partial charge in [-0.3, -0.25) is 4.68 Å². The van der Waals surface area contributed by atoms with Crippen LogP contribution in [0.2, 0.25) is 0 Å². The van der Waals surface area contributed by atoms with E-state index < -0.39 is 0 Å². The van der Waals surface area contributed by atoms with Gasteiger partial charge >= 0.3 is 0 Å². The lowest BCUT2D eigenvalue weighted by atomic mass is 10.3. The second-order valence-corrected chi connectivity index (χ2v) is 3.90. The Hall–Kier alpha value is -2.31. The Labute approximate surface area is 105 Å². The van der Waals surface area contributed by atoms with Crippen LogP contribution in [0.4, 0.5) is 17.6 Å². The summed E-state index contributed by atoms with van der Waals surface area (Å²) in [7, 11) is 3.70. The number of anilines is 3. The fraction of sp³-hybridized carbons (Fsp3) is 0.364. The van der Waals surface area contributed by atoms with E-state index in [-0.39, 0.29) is 5.95 Å². The molecule has 0 saturated carbocycles. The quantitative estimate of drug-likeness (QED) is 0.712.